The smallest absolute Gasteiger partial charge is 0.341 e. The summed E-state index contributed by atoms with van der Waals surface area (Å²) in [7, 11) is 0. The number of thiocarbonyl (C=S) groups is 1. The van der Waals surface area contributed by atoms with Crippen LogP contribution >= 0.6 is 23.6 Å². The van der Waals surface area contributed by atoms with E-state index in [-0.39, 0.29) is 12.1 Å². The molecule has 1 aliphatic heterocycles. The van der Waals surface area contributed by atoms with Crippen molar-refractivity contribution in [2.45, 2.75) is 32.8 Å². The summed E-state index contributed by atoms with van der Waals surface area (Å²) in [4.78, 5) is 12.6. The summed E-state index contributed by atoms with van der Waals surface area (Å²) in [6, 6.07) is 8.08. The fourth-order valence-electron chi connectivity index (χ4n) is 2.96. The van der Waals surface area contributed by atoms with Gasteiger partial charge in [-0.3, -0.25) is 0 Å². The van der Waals surface area contributed by atoms with E-state index in [4.69, 9.17) is 21.7 Å². The summed E-state index contributed by atoms with van der Waals surface area (Å²) in [6.07, 6.45) is 2.32. The average molecular weight is 405 g/mol. The Hall–Kier alpha value is -1.96. The molecule has 0 saturated carbocycles. The van der Waals surface area contributed by atoms with Gasteiger partial charge in [-0.15, -0.1) is 11.3 Å². The number of rotatable bonds is 6. The molecule has 2 aromatic rings. The van der Waals surface area contributed by atoms with E-state index in [1.54, 1.807) is 6.92 Å². The number of carbonyl (C=O) groups excluding carboxylic acids is 1. The fraction of sp³-hybridized carbons (Fsp3) is 0.400. The number of anilines is 1. The van der Waals surface area contributed by atoms with Crippen molar-refractivity contribution >= 4 is 39.6 Å². The van der Waals surface area contributed by atoms with E-state index in [9.17, 15) is 4.79 Å². The number of benzene rings is 1. The summed E-state index contributed by atoms with van der Waals surface area (Å²) in [5.41, 5.74) is 3.52. The lowest BCUT2D eigenvalue weighted by Gasteiger charge is -2.14. The van der Waals surface area contributed by atoms with E-state index < -0.39 is 0 Å². The monoisotopic (exact) mass is 404 g/mol. The van der Waals surface area contributed by atoms with Crippen LogP contribution in [0.4, 0.5) is 5.00 Å². The standard InChI is InChI=1S/C20H24N2O3S2/c1-3-24-19(23)17-16(14-8-6-13(2)7-9-14)12-27-18(17)22-20(26)21-11-15-5-4-10-25-15/h6-9,12,15H,3-5,10-11H2,1-2H3,(H2,21,22,26)/t15-/m0/s1. The quantitative estimate of drug-likeness (QED) is 0.551. The van der Waals surface area contributed by atoms with Gasteiger partial charge in [0.25, 0.3) is 0 Å². The highest BCUT2D eigenvalue weighted by molar-refractivity contribution is 7.80. The van der Waals surface area contributed by atoms with Crippen molar-refractivity contribution in [3.63, 3.8) is 0 Å². The molecule has 7 heteroatoms. The second kappa shape index (κ2) is 9.30. The molecule has 1 saturated heterocycles. The number of esters is 1. The lowest BCUT2D eigenvalue weighted by Crippen LogP contribution is -2.35. The molecule has 0 spiro atoms. The molecule has 1 aromatic heterocycles. The van der Waals surface area contributed by atoms with Gasteiger partial charge in [0.2, 0.25) is 0 Å². The van der Waals surface area contributed by atoms with Gasteiger partial charge in [-0.2, -0.15) is 0 Å². The minimum atomic E-state index is -0.348. The van der Waals surface area contributed by atoms with E-state index in [1.807, 2.05) is 36.6 Å². The van der Waals surface area contributed by atoms with Gasteiger partial charge in [-0.1, -0.05) is 29.8 Å². The van der Waals surface area contributed by atoms with Crippen LogP contribution in [0.15, 0.2) is 29.6 Å². The van der Waals surface area contributed by atoms with Crippen LogP contribution in [0.3, 0.4) is 0 Å². The summed E-state index contributed by atoms with van der Waals surface area (Å²) >= 11 is 6.85. The van der Waals surface area contributed by atoms with Gasteiger partial charge < -0.3 is 20.1 Å². The number of ether oxygens (including phenoxy) is 2. The van der Waals surface area contributed by atoms with Crippen molar-refractivity contribution in [3.05, 3.63) is 40.8 Å². The molecule has 0 amide bonds. The Morgan fingerprint density at radius 1 is 1.37 bits per heavy atom. The molecule has 144 valence electrons. The topological polar surface area (TPSA) is 59.6 Å². The molecule has 0 unspecified atom stereocenters. The molecule has 2 N–H and O–H groups in total. The Kier molecular flexibility index (Phi) is 6.82. The predicted molar refractivity (Wildman–Crippen MR) is 114 cm³/mol. The predicted octanol–water partition coefficient (Wildman–Crippen LogP) is 4.37. The van der Waals surface area contributed by atoms with Gasteiger partial charge in [0.1, 0.15) is 10.6 Å². The summed E-state index contributed by atoms with van der Waals surface area (Å²) in [5, 5.41) is 9.46. The van der Waals surface area contributed by atoms with Crippen LogP contribution in [0.25, 0.3) is 11.1 Å². The van der Waals surface area contributed by atoms with Crippen molar-refractivity contribution in [2.24, 2.45) is 0 Å². The van der Waals surface area contributed by atoms with E-state index in [2.05, 4.69) is 10.6 Å². The Morgan fingerprint density at radius 3 is 2.81 bits per heavy atom. The Labute approximate surface area is 169 Å². The third-order valence-electron chi connectivity index (χ3n) is 4.37. The molecular weight excluding hydrogens is 380 g/mol. The minimum absolute atomic E-state index is 0.195. The van der Waals surface area contributed by atoms with Gasteiger partial charge in [-0.05, 0) is 44.5 Å². The maximum atomic E-state index is 12.6. The minimum Gasteiger partial charge on any atom is -0.462 e. The van der Waals surface area contributed by atoms with Crippen LogP contribution in [0.5, 0.6) is 0 Å². The molecule has 0 aliphatic carbocycles. The maximum absolute atomic E-state index is 12.6. The van der Waals surface area contributed by atoms with Crippen molar-refractivity contribution in [1.82, 2.24) is 5.32 Å². The lowest BCUT2D eigenvalue weighted by atomic mass is 10.0. The largest absolute Gasteiger partial charge is 0.462 e. The summed E-state index contributed by atoms with van der Waals surface area (Å²) in [5.74, 6) is -0.348. The van der Waals surface area contributed by atoms with Gasteiger partial charge in [0, 0.05) is 24.1 Å². The van der Waals surface area contributed by atoms with Gasteiger partial charge >= 0.3 is 5.97 Å². The zero-order valence-corrected chi connectivity index (χ0v) is 17.2. The van der Waals surface area contributed by atoms with Crippen LogP contribution in [-0.2, 0) is 9.47 Å². The van der Waals surface area contributed by atoms with Gasteiger partial charge in [0.05, 0.1) is 12.7 Å². The highest BCUT2D eigenvalue weighted by Gasteiger charge is 2.22. The van der Waals surface area contributed by atoms with Crippen LogP contribution < -0.4 is 10.6 Å². The van der Waals surface area contributed by atoms with Crippen molar-refractivity contribution in [3.8, 4) is 11.1 Å². The van der Waals surface area contributed by atoms with Crippen LogP contribution in [0.2, 0.25) is 0 Å². The Bertz CT molecular complexity index is 796. The first kappa shape index (κ1) is 19.8. The third-order valence-corrected chi connectivity index (χ3v) is 5.52. The highest BCUT2D eigenvalue weighted by atomic mass is 32.1. The van der Waals surface area contributed by atoms with Crippen LogP contribution in [-0.4, -0.2) is 36.9 Å². The first-order valence-electron chi connectivity index (χ1n) is 9.10. The zero-order valence-electron chi connectivity index (χ0n) is 15.5. The van der Waals surface area contributed by atoms with E-state index in [0.29, 0.717) is 28.8 Å². The molecule has 0 radical (unpaired) electrons. The van der Waals surface area contributed by atoms with E-state index >= 15 is 0 Å². The van der Waals surface area contributed by atoms with Gasteiger partial charge in [0.15, 0.2) is 5.11 Å². The molecule has 1 fully saturated rings. The summed E-state index contributed by atoms with van der Waals surface area (Å²) < 4.78 is 10.9. The van der Waals surface area contributed by atoms with E-state index in [0.717, 1.165) is 30.6 Å². The molecule has 1 aromatic carbocycles. The number of aryl methyl sites for hydroxylation is 1. The number of hydrogen-bond donors (Lipinski definition) is 2. The van der Waals surface area contributed by atoms with Gasteiger partial charge in [-0.25, -0.2) is 4.79 Å². The number of hydrogen-bond acceptors (Lipinski definition) is 5. The Balaban J connectivity index is 1.78. The fourth-order valence-corrected chi connectivity index (χ4v) is 4.17. The second-order valence-corrected chi connectivity index (χ2v) is 7.70. The zero-order chi connectivity index (χ0) is 19.2. The number of nitrogens with one attached hydrogen (secondary N) is 2. The average Bonchev–Trinajstić information content (AvgIpc) is 3.31. The van der Waals surface area contributed by atoms with Crippen molar-refractivity contribution in [1.29, 1.82) is 0 Å². The van der Waals surface area contributed by atoms with Crippen LogP contribution in [0.1, 0.15) is 35.7 Å². The maximum Gasteiger partial charge on any atom is 0.341 e. The second-order valence-electron chi connectivity index (χ2n) is 6.41. The SMILES string of the molecule is CCOC(=O)c1c(-c2ccc(C)cc2)csc1NC(=S)NC[C@@H]1CCCO1. The highest BCUT2D eigenvalue weighted by Crippen LogP contribution is 2.36. The normalized spacial score (nSPS) is 16.1. The molecule has 1 aliphatic rings. The van der Waals surface area contributed by atoms with Crippen molar-refractivity contribution in [2.75, 3.05) is 25.1 Å². The molecule has 1 atom stereocenters. The molecule has 3 rings (SSSR count). The van der Waals surface area contributed by atoms with E-state index in [1.165, 1.54) is 16.9 Å². The molecule has 2 heterocycles. The first-order chi connectivity index (χ1) is 13.1. The number of carbonyl (C=O) groups is 1. The van der Waals surface area contributed by atoms with Crippen molar-refractivity contribution < 1.29 is 14.3 Å². The molecule has 27 heavy (non-hydrogen) atoms. The van der Waals surface area contributed by atoms with Crippen LogP contribution in [0, 0.1) is 6.92 Å². The lowest BCUT2D eigenvalue weighted by molar-refractivity contribution is 0.0529. The Morgan fingerprint density at radius 2 is 2.15 bits per heavy atom. The molecule has 5 nitrogen and oxygen atoms in total. The third kappa shape index (κ3) is 5.06. The first-order valence-corrected chi connectivity index (χ1v) is 10.4. The molecule has 0 bridgehead atoms. The molecular formula is C20H24N2O3S2. The summed E-state index contributed by atoms with van der Waals surface area (Å²) in [6.45, 7) is 5.63. The number of thiophene rings is 1.